The Morgan fingerprint density at radius 3 is 2.81 bits per heavy atom. The van der Waals surface area contributed by atoms with E-state index in [2.05, 4.69) is 15.9 Å². The van der Waals surface area contributed by atoms with Gasteiger partial charge in [-0.3, -0.25) is 4.79 Å². The predicted octanol–water partition coefficient (Wildman–Crippen LogP) is 2.11. The Balaban J connectivity index is 2.18. The average Bonchev–Trinajstić information content (AvgIpc) is 2.84. The number of amides is 1. The molecule has 16 heavy (non-hydrogen) atoms. The van der Waals surface area contributed by atoms with Crippen molar-refractivity contribution in [3.8, 4) is 0 Å². The first-order valence-electron chi connectivity index (χ1n) is 4.46. The van der Waals surface area contributed by atoms with Gasteiger partial charge in [0.15, 0.2) is 0 Å². The standard InChI is InChI=1S/C9H8BrNO3S2/c10-7-2-1-6(16-7)8(12)11-4-15-3-5(11)9(13)14/h1-2,5H,3-4H2,(H,13,14). The molecule has 4 nitrogen and oxygen atoms in total. The van der Waals surface area contributed by atoms with E-state index in [-0.39, 0.29) is 5.91 Å². The monoisotopic (exact) mass is 321 g/mol. The van der Waals surface area contributed by atoms with E-state index in [4.69, 9.17) is 5.11 Å². The first-order valence-corrected chi connectivity index (χ1v) is 7.23. The smallest absolute Gasteiger partial charge is 0.327 e. The second-order valence-corrected chi connectivity index (χ2v) is 6.70. The summed E-state index contributed by atoms with van der Waals surface area (Å²) in [5.74, 6) is -0.221. The molecule has 86 valence electrons. The average molecular weight is 322 g/mol. The van der Waals surface area contributed by atoms with Crippen molar-refractivity contribution in [3.05, 3.63) is 20.8 Å². The van der Waals surface area contributed by atoms with Gasteiger partial charge >= 0.3 is 5.97 Å². The fraction of sp³-hybridized carbons (Fsp3) is 0.333. The van der Waals surface area contributed by atoms with E-state index < -0.39 is 12.0 Å². The van der Waals surface area contributed by atoms with Crippen molar-refractivity contribution >= 4 is 50.9 Å². The van der Waals surface area contributed by atoms with Crippen molar-refractivity contribution in [3.63, 3.8) is 0 Å². The number of carboxylic acid groups (broad SMARTS) is 1. The fourth-order valence-electron chi connectivity index (χ4n) is 1.42. The predicted molar refractivity (Wildman–Crippen MR) is 66.9 cm³/mol. The van der Waals surface area contributed by atoms with Crippen LogP contribution in [-0.4, -0.2) is 39.6 Å². The van der Waals surface area contributed by atoms with Gasteiger partial charge in [0.05, 0.1) is 14.5 Å². The number of carbonyl (C=O) groups is 2. The van der Waals surface area contributed by atoms with Gasteiger partial charge in [-0.25, -0.2) is 4.79 Å². The summed E-state index contributed by atoms with van der Waals surface area (Å²) >= 11 is 6.06. The molecule has 1 fully saturated rings. The van der Waals surface area contributed by atoms with Crippen LogP contribution >= 0.6 is 39.0 Å². The molecule has 2 rings (SSSR count). The summed E-state index contributed by atoms with van der Waals surface area (Å²) in [7, 11) is 0. The minimum absolute atomic E-state index is 0.201. The molecule has 1 saturated heterocycles. The minimum atomic E-state index is -0.936. The lowest BCUT2D eigenvalue weighted by molar-refractivity contribution is -0.140. The van der Waals surface area contributed by atoms with E-state index in [0.717, 1.165) is 3.79 Å². The summed E-state index contributed by atoms with van der Waals surface area (Å²) in [4.78, 5) is 24.9. The number of thioether (sulfide) groups is 1. The van der Waals surface area contributed by atoms with Gasteiger partial charge < -0.3 is 10.0 Å². The summed E-state index contributed by atoms with van der Waals surface area (Å²) in [5, 5.41) is 8.97. The highest BCUT2D eigenvalue weighted by Crippen LogP contribution is 2.28. The van der Waals surface area contributed by atoms with Crippen molar-refractivity contribution < 1.29 is 14.7 Å². The van der Waals surface area contributed by atoms with Gasteiger partial charge in [-0.05, 0) is 28.1 Å². The van der Waals surface area contributed by atoms with E-state index in [1.807, 2.05) is 0 Å². The molecule has 0 spiro atoms. The first-order chi connectivity index (χ1) is 7.59. The lowest BCUT2D eigenvalue weighted by atomic mass is 10.3. The Morgan fingerprint density at radius 2 is 2.25 bits per heavy atom. The summed E-state index contributed by atoms with van der Waals surface area (Å²) in [6.45, 7) is 0. The Bertz CT molecular complexity index is 434. The molecule has 0 radical (unpaired) electrons. The highest BCUT2D eigenvalue weighted by molar-refractivity contribution is 9.11. The maximum Gasteiger partial charge on any atom is 0.327 e. The molecule has 1 amide bonds. The molecule has 1 atom stereocenters. The van der Waals surface area contributed by atoms with E-state index in [9.17, 15) is 9.59 Å². The molecule has 0 saturated carbocycles. The molecular weight excluding hydrogens is 314 g/mol. The van der Waals surface area contributed by atoms with Crippen LogP contribution in [-0.2, 0) is 4.79 Å². The second kappa shape index (κ2) is 4.77. The lowest BCUT2D eigenvalue weighted by Gasteiger charge is -2.19. The third-order valence-corrected chi connectivity index (χ3v) is 4.84. The van der Waals surface area contributed by atoms with E-state index in [1.54, 1.807) is 12.1 Å². The third kappa shape index (κ3) is 2.26. The largest absolute Gasteiger partial charge is 0.480 e. The number of hydrogen-bond donors (Lipinski definition) is 1. The number of thiophene rings is 1. The summed E-state index contributed by atoms with van der Waals surface area (Å²) in [6.07, 6.45) is 0. The molecule has 0 aliphatic carbocycles. The van der Waals surface area contributed by atoms with Gasteiger partial charge in [0.2, 0.25) is 0 Å². The SMILES string of the molecule is O=C(O)C1CSCN1C(=O)c1ccc(Br)s1. The van der Waals surface area contributed by atoms with Crippen molar-refractivity contribution in [2.45, 2.75) is 6.04 Å². The summed E-state index contributed by atoms with van der Waals surface area (Å²) < 4.78 is 0.870. The minimum Gasteiger partial charge on any atom is -0.480 e. The molecular formula is C9H8BrNO3S2. The van der Waals surface area contributed by atoms with Crippen LogP contribution < -0.4 is 0 Å². The lowest BCUT2D eigenvalue weighted by Crippen LogP contribution is -2.41. The number of nitrogens with zero attached hydrogens (tertiary/aromatic N) is 1. The molecule has 7 heteroatoms. The van der Waals surface area contributed by atoms with Crippen LogP contribution in [0.3, 0.4) is 0 Å². The molecule has 1 aromatic rings. The van der Waals surface area contributed by atoms with Gasteiger partial charge in [-0.2, -0.15) is 0 Å². The zero-order valence-electron chi connectivity index (χ0n) is 8.05. The van der Waals surface area contributed by atoms with Gasteiger partial charge in [-0.1, -0.05) is 0 Å². The van der Waals surface area contributed by atoms with Gasteiger partial charge in [0.1, 0.15) is 6.04 Å². The van der Waals surface area contributed by atoms with Gasteiger partial charge in [0, 0.05) is 5.75 Å². The van der Waals surface area contributed by atoms with Crippen molar-refractivity contribution in [2.75, 3.05) is 11.6 Å². The Kier molecular flexibility index (Phi) is 3.56. The quantitative estimate of drug-likeness (QED) is 0.906. The maximum atomic E-state index is 12.0. The second-order valence-electron chi connectivity index (χ2n) is 3.23. The topological polar surface area (TPSA) is 57.6 Å². The van der Waals surface area contributed by atoms with Crippen LogP contribution in [0.15, 0.2) is 15.9 Å². The summed E-state index contributed by atoms with van der Waals surface area (Å²) in [5.41, 5.74) is 0. The normalized spacial score (nSPS) is 20.1. The van der Waals surface area contributed by atoms with Crippen molar-refractivity contribution in [2.24, 2.45) is 0 Å². The van der Waals surface area contributed by atoms with Crippen LogP contribution in [0.5, 0.6) is 0 Å². The van der Waals surface area contributed by atoms with Gasteiger partial charge in [0.25, 0.3) is 5.91 Å². The number of hydrogen-bond acceptors (Lipinski definition) is 4. The zero-order valence-corrected chi connectivity index (χ0v) is 11.3. The molecule has 1 aromatic heterocycles. The molecule has 1 unspecified atom stereocenters. The molecule has 0 aromatic carbocycles. The van der Waals surface area contributed by atoms with Crippen LogP contribution in [0.1, 0.15) is 9.67 Å². The fourth-order valence-corrected chi connectivity index (χ4v) is 3.91. The summed E-state index contributed by atoms with van der Waals surface area (Å²) in [6, 6.07) is 2.80. The molecule has 1 aliphatic heterocycles. The van der Waals surface area contributed by atoms with E-state index in [1.165, 1.54) is 28.0 Å². The van der Waals surface area contributed by atoms with Crippen LogP contribution in [0, 0.1) is 0 Å². The van der Waals surface area contributed by atoms with E-state index in [0.29, 0.717) is 16.5 Å². The highest BCUT2D eigenvalue weighted by atomic mass is 79.9. The highest BCUT2D eigenvalue weighted by Gasteiger charge is 2.35. The van der Waals surface area contributed by atoms with Crippen LogP contribution in [0.25, 0.3) is 0 Å². The Hall–Kier alpha value is -0.530. The van der Waals surface area contributed by atoms with Gasteiger partial charge in [-0.15, -0.1) is 23.1 Å². The molecule has 2 heterocycles. The molecule has 0 bridgehead atoms. The number of rotatable bonds is 2. The maximum absolute atomic E-state index is 12.0. The van der Waals surface area contributed by atoms with Crippen molar-refractivity contribution in [1.82, 2.24) is 4.90 Å². The van der Waals surface area contributed by atoms with Crippen LogP contribution in [0.4, 0.5) is 0 Å². The number of aliphatic carboxylic acids is 1. The molecule has 1 N–H and O–H groups in total. The number of carbonyl (C=O) groups excluding carboxylic acids is 1. The zero-order chi connectivity index (χ0) is 11.7. The first kappa shape index (κ1) is 11.9. The van der Waals surface area contributed by atoms with Crippen LogP contribution in [0.2, 0.25) is 0 Å². The molecule has 1 aliphatic rings. The third-order valence-electron chi connectivity index (χ3n) is 2.21. The van der Waals surface area contributed by atoms with Crippen molar-refractivity contribution in [1.29, 1.82) is 0 Å². The number of carboxylic acids is 1. The Labute approximate surface area is 109 Å². The van der Waals surface area contributed by atoms with E-state index >= 15 is 0 Å². The number of halogens is 1. The Morgan fingerprint density at radius 1 is 1.50 bits per heavy atom.